The van der Waals surface area contributed by atoms with E-state index >= 15 is 0 Å². The van der Waals surface area contributed by atoms with Crippen molar-refractivity contribution in [3.63, 3.8) is 0 Å². The first-order valence-electron chi connectivity index (χ1n) is 9.05. The van der Waals surface area contributed by atoms with Crippen LogP contribution in [0, 0.1) is 19.8 Å². The van der Waals surface area contributed by atoms with Crippen LogP contribution in [0.25, 0.3) is 0 Å². The third kappa shape index (κ3) is 4.79. The molecule has 6 nitrogen and oxygen atoms in total. The minimum absolute atomic E-state index is 0.0245. The van der Waals surface area contributed by atoms with Crippen molar-refractivity contribution in [2.45, 2.75) is 20.3 Å². The van der Waals surface area contributed by atoms with Crippen molar-refractivity contribution in [3.8, 4) is 0 Å². The number of halogens is 2. The molecule has 2 aromatic carbocycles. The Kier molecular flexibility index (Phi) is 6.59. The highest BCUT2D eigenvalue weighted by Crippen LogP contribution is 2.31. The second kappa shape index (κ2) is 8.97. The summed E-state index contributed by atoms with van der Waals surface area (Å²) in [6.07, 6.45) is 0.0245. The van der Waals surface area contributed by atoms with Crippen molar-refractivity contribution >= 4 is 56.7 Å². The van der Waals surface area contributed by atoms with Crippen LogP contribution in [-0.2, 0) is 19.1 Å². The molecule has 0 saturated carbocycles. The van der Waals surface area contributed by atoms with Gasteiger partial charge in [-0.3, -0.25) is 14.4 Å². The van der Waals surface area contributed by atoms with Gasteiger partial charge in [0.1, 0.15) is 0 Å². The third-order valence-corrected chi connectivity index (χ3v) is 6.12. The molecular weight excluding hydrogens is 460 g/mol. The average molecular weight is 480 g/mol. The summed E-state index contributed by atoms with van der Waals surface area (Å²) in [5.74, 6) is -1.85. The number of hydrogen-bond acceptors (Lipinski definition) is 4. The first-order chi connectivity index (χ1) is 13.8. The van der Waals surface area contributed by atoms with Crippen LogP contribution < -0.4 is 10.2 Å². The quantitative estimate of drug-likeness (QED) is 0.651. The van der Waals surface area contributed by atoms with Crippen LogP contribution in [-0.4, -0.2) is 30.9 Å². The molecule has 1 atom stereocenters. The molecule has 1 heterocycles. The SMILES string of the molecule is Cc1c(Br)ccc(NC(=O)COC(=O)[C@@H]2CC(=O)N(c3ccccc3Cl)C2)c1C. The molecule has 3 rings (SSSR count). The molecule has 0 unspecified atom stereocenters. The van der Waals surface area contributed by atoms with Gasteiger partial charge in [-0.2, -0.15) is 0 Å². The molecule has 0 spiro atoms. The Balaban J connectivity index is 1.56. The summed E-state index contributed by atoms with van der Waals surface area (Å²) in [4.78, 5) is 38.3. The summed E-state index contributed by atoms with van der Waals surface area (Å²) in [7, 11) is 0. The topological polar surface area (TPSA) is 75.7 Å². The molecule has 0 aromatic heterocycles. The standard InChI is InChI=1S/C21H20BrClN2O4/c1-12-13(2)17(8-7-15(12)22)24-19(26)11-29-21(28)14-9-20(27)25(10-14)18-6-4-3-5-16(18)23/h3-8,14H,9-11H2,1-2H3,(H,24,26)/t14-/m1/s1. The first-order valence-corrected chi connectivity index (χ1v) is 10.2. The van der Waals surface area contributed by atoms with Gasteiger partial charge in [-0.1, -0.05) is 39.7 Å². The van der Waals surface area contributed by atoms with Crippen LogP contribution in [0.3, 0.4) is 0 Å². The fourth-order valence-electron chi connectivity index (χ4n) is 3.13. The predicted octanol–water partition coefficient (Wildman–Crippen LogP) is 4.25. The lowest BCUT2D eigenvalue weighted by atomic mass is 10.1. The van der Waals surface area contributed by atoms with E-state index in [2.05, 4.69) is 21.2 Å². The van der Waals surface area contributed by atoms with E-state index in [-0.39, 0.29) is 18.9 Å². The van der Waals surface area contributed by atoms with E-state index in [0.717, 1.165) is 15.6 Å². The van der Waals surface area contributed by atoms with Gasteiger partial charge in [0.2, 0.25) is 5.91 Å². The van der Waals surface area contributed by atoms with Crippen molar-refractivity contribution in [1.29, 1.82) is 0 Å². The summed E-state index contributed by atoms with van der Waals surface area (Å²) in [5, 5.41) is 3.18. The second-order valence-electron chi connectivity index (χ2n) is 6.86. The summed E-state index contributed by atoms with van der Waals surface area (Å²) in [6, 6.07) is 10.6. The molecule has 1 saturated heterocycles. The van der Waals surface area contributed by atoms with Gasteiger partial charge < -0.3 is 15.0 Å². The molecule has 0 radical (unpaired) electrons. The van der Waals surface area contributed by atoms with E-state index in [1.165, 1.54) is 4.90 Å². The molecule has 152 valence electrons. The van der Waals surface area contributed by atoms with Crippen LogP contribution >= 0.6 is 27.5 Å². The predicted molar refractivity (Wildman–Crippen MR) is 115 cm³/mol. The first kappa shape index (κ1) is 21.3. The van der Waals surface area contributed by atoms with Crippen molar-refractivity contribution in [2.75, 3.05) is 23.4 Å². The Morgan fingerprint density at radius 2 is 1.93 bits per heavy atom. The van der Waals surface area contributed by atoms with Gasteiger partial charge in [-0.25, -0.2) is 0 Å². The minimum Gasteiger partial charge on any atom is -0.455 e. The highest BCUT2D eigenvalue weighted by Gasteiger charge is 2.37. The highest BCUT2D eigenvalue weighted by atomic mass is 79.9. The summed E-state index contributed by atoms with van der Waals surface area (Å²) < 4.78 is 6.10. The monoisotopic (exact) mass is 478 g/mol. The Morgan fingerprint density at radius 1 is 1.21 bits per heavy atom. The summed E-state index contributed by atoms with van der Waals surface area (Å²) in [5.41, 5.74) is 3.17. The van der Waals surface area contributed by atoms with Gasteiger partial charge in [0.25, 0.3) is 5.91 Å². The van der Waals surface area contributed by atoms with E-state index in [1.54, 1.807) is 30.3 Å². The number of carbonyl (C=O) groups excluding carboxylic acids is 3. The van der Waals surface area contributed by atoms with Gasteiger partial charge >= 0.3 is 5.97 Å². The maximum absolute atomic E-state index is 12.4. The number of ether oxygens (including phenoxy) is 1. The summed E-state index contributed by atoms with van der Waals surface area (Å²) in [6.45, 7) is 3.60. The molecule has 8 heteroatoms. The Morgan fingerprint density at radius 3 is 2.66 bits per heavy atom. The third-order valence-electron chi connectivity index (χ3n) is 4.94. The van der Waals surface area contributed by atoms with Gasteiger partial charge in [-0.15, -0.1) is 0 Å². The number of nitrogens with one attached hydrogen (secondary N) is 1. The van der Waals surface area contributed by atoms with Gasteiger partial charge in [-0.05, 0) is 49.2 Å². The van der Waals surface area contributed by atoms with Crippen LogP contribution in [0.4, 0.5) is 11.4 Å². The Hall–Kier alpha value is -2.38. The van der Waals surface area contributed by atoms with Gasteiger partial charge in [0.15, 0.2) is 6.61 Å². The zero-order chi connectivity index (χ0) is 21.1. The number of rotatable bonds is 5. The molecule has 2 amide bonds. The largest absolute Gasteiger partial charge is 0.455 e. The van der Waals surface area contributed by atoms with Crippen molar-refractivity contribution < 1.29 is 19.1 Å². The van der Waals surface area contributed by atoms with E-state index in [9.17, 15) is 14.4 Å². The number of nitrogens with zero attached hydrogens (tertiary/aromatic N) is 1. The molecular formula is C21H20BrClN2O4. The van der Waals surface area contributed by atoms with Crippen molar-refractivity contribution in [2.24, 2.45) is 5.92 Å². The number of esters is 1. The number of amides is 2. The fourth-order valence-corrected chi connectivity index (χ4v) is 3.80. The second-order valence-corrected chi connectivity index (χ2v) is 8.12. The van der Waals surface area contributed by atoms with Crippen LogP contribution in [0.5, 0.6) is 0 Å². The van der Waals surface area contributed by atoms with E-state index in [4.69, 9.17) is 16.3 Å². The van der Waals surface area contributed by atoms with E-state index in [1.807, 2.05) is 19.9 Å². The zero-order valence-electron chi connectivity index (χ0n) is 16.0. The molecule has 1 aliphatic rings. The highest BCUT2D eigenvalue weighted by molar-refractivity contribution is 9.10. The van der Waals surface area contributed by atoms with Crippen LogP contribution in [0.2, 0.25) is 5.02 Å². The van der Waals surface area contributed by atoms with Gasteiger partial charge in [0.05, 0.1) is 16.6 Å². The fraction of sp³-hybridized carbons (Fsp3) is 0.286. The Labute approximate surface area is 182 Å². The number of para-hydroxylation sites is 1. The van der Waals surface area contributed by atoms with E-state index in [0.29, 0.717) is 16.4 Å². The van der Waals surface area contributed by atoms with Crippen molar-refractivity contribution in [3.05, 3.63) is 57.0 Å². The smallest absolute Gasteiger partial charge is 0.311 e. The zero-order valence-corrected chi connectivity index (χ0v) is 18.3. The van der Waals surface area contributed by atoms with E-state index < -0.39 is 24.4 Å². The van der Waals surface area contributed by atoms with Crippen molar-refractivity contribution in [1.82, 2.24) is 0 Å². The van der Waals surface area contributed by atoms with Crippen LogP contribution in [0.1, 0.15) is 17.5 Å². The maximum Gasteiger partial charge on any atom is 0.311 e. The number of benzene rings is 2. The molecule has 2 aromatic rings. The lowest BCUT2D eigenvalue weighted by Crippen LogP contribution is -2.28. The van der Waals surface area contributed by atoms with Crippen LogP contribution in [0.15, 0.2) is 40.9 Å². The Bertz CT molecular complexity index is 979. The molecule has 1 N–H and O–H groups in total. The number of hydrogen-bond donors (Lipinski definition) is 1. The number of carbonyl (C=O) groups is 3. The molecule has 0 aliphatic carbocycles. The van der Waals surface area contributed by atoms with Gasteiger partial charge in [0, 0.05) is 23.1 Å². The lowest BCUT2D eigenvalue weighted by Gasteiger charge is -2.17. The average Bonchev–Trinajstić information content (AvgIpc) is 3.08. The summed E-state index contributed by atoms with van der Waals surface area (Å²) >= 11 is 9.59. The normalized spacial score (nSPS) is 16.1. The maximum atomic E-state index is 12.4. The molecule has 1 aliphatic heterocycles. The molecule has 0 bridgehead atoms. The minimum atomic E-state index is -0.636. The lowest BCUT2D eigenvalue weighted by molar-refractivity contribution is -0.151. The molecule has 1 fully saturated rings. The molecule has 29 heavy (non-hydrogen) atoms. The number of anilines is 2.